The van der Waals surface area contributed by atoms with Crippen LogP contribution in [0.5, 0.6) is 5.75 Å². The predicted octanol–water partition coefficient (Wildman–Crippen LogP) is 5.35. The predicted molar refractivity (Wildman–Crippen MR) is 144 cm³/mol. The fraction of sp³-hybridized carbons (Fsp3) is 0.233. The van der Waals surface area contributed by atoms with Crippen molar-refractivity contribution in [1.82, 2.24) is 14.7 Å². The quantitative estimate of drug-likeness (QED) is 0.392. The molecule has 0 unspecified atom stereocenters. The van der Waals surface area contributed by atoms with Gasteiger partial charge in [-0.2, -0.15) is 5.10 Å². The summed E-state index contributed by atoms with van der Waals surface area (Å²) in [7, 11) is 1.58. The first-order chi connectivity index (χ1) is 18.0. The van der Waals surface area contributed by atoms with Gasteiger partial charge in [-0.1, -0.05) is 54.6 Å². The van der Waals surface area contributed by atoms with Gasteiger partial charge in [0.25, 0.3) is 5.91 Å². The smallest absolute Gasteiger partial charge is 0.257 e. The van der Waals surface area contributed by atoms with Crippen LogP contribution in [0.25, 0.3) is 16.9 Å². The van der Waals surface area contributed by atoms with Gasteiger partial charge in [0.05, 0.1) is 24.0 Å². The molecule has 1 aromatic heterocycles. The summed E-state index contributed by atoms with van der Waals surface area (Å²) in [6, 6.07) is 25.1. The Kier molecular flexibility index (Phi) is 7.03. The summed E-state index contributed by atoms with van der Waals surface area (Å²) in [5, 5.41) is 7.81. The number of amides is 2. The van der Waals surface area contributed by atoms with E-state index in [0.717, 1.165) is 16.8 Å². The normalized spacial score (nSPS) is 13.8. The molecule has 1 fully saturated rings. The van der Waals surface area contributed by atoms with Crippen LogP contribution in [0.4, 0.5) is 5.69 Å². The van der Waals surface area contributed by atoms with Crippen LogP contribution in [-0.2, 0) is 4.79 Å². The van der Waals surface area contributed by atoms with E-state index >= 15 is 0 Å². The fourth-order valence-electron chi connectivity index (χ4n) is 4.78. The Morgan fingerprint density at radius 3 is 2.32 bits per heavy atom. The summed E-state index contributed by atoms with van der Waals surface area (Å²) >= 11 is 0. The summed E-state index contributed by atoms with van der Waals surface area (Å²) in [6.45, 7) is 3.04. The highest BCUT2D eigenvalue weighted by Gasteiger charge is 2.30. The Morgan fingerprint density at radius 1 is 0.919 bits per heavy atom. The number of likely N-dealkylation sites (tertiary alicyclic amines) is 1. The zero-order chi connectivity index (χ0) is 25.8. The summed E-state index contributed by atoms with van der Waals surface area (Å²) in [5.41, 5.74) is 4.78. The molecule has 3 aromatic carbocycles. The molecule has 0 bridgehead atoms. The molecule has 4 aromatic rings. The van der Waals surface area contributed by atoms with E-state index in [0.29, 0.717) is 48.6 Å². The minimum atomic E-state index is -0.170. The molecule has 1 saturated heterocycles. The molecule has 37 heavy (non-hydrogen) atoms. The first kappa shape index (κ1) is 24.3. The number of aromatic nitrogens is 2. The van der Waals surface area contributed by atoms with Crippen LogP contribution in [0.15, 0.2) is 85.1 Å². The summed E-state index contributed by atoms with van der Waals surface area (Å²) in [4.78, 5) is 28.5. The molecule has 0 aliphatic carbocycles. The number of nitrogens with one attached hydrogen (secondary N) is 1. The highest BCUT2D eigenvalue weighted by Crippen LogP contribution is 2.30. The molecule has 2 heterocycles. The van der Waals surface area contributed by atoms with E-state index in [1.807, 2.05) is 96.9 Å². The highest BCUT2D eigenvalue weighted by molar-refractivity contribution is 6.00. The van der Waals surface area contributed by atoms with Gasteiger partial charge in [0, 0.05) is 30.8 Å². The zero-order valence-electron chi connectivity index (χ0n) is 21.1. The molecule has 0 atom stereocenters. The second kappa shape index (κ2) is 10.7. The van der Waals surface area contributed by atoms with E-state index < -0.39 is 0 Å². The lowest BCUT2D eigenvalue weighted by Crippen LogP contribution is -2.41. The van der Waals surface area contributed by atoms with Crippen LogP contribution in [0.2, 0.25) is 0 Å². The van der Waals surface area contributed by atoms with Gasteiger partial charge in [0.1, 0.15) is 11.4 Å². The molecule has 0 saturated carbocycles. The standard InChI is InChI=1S/C30H30N4O3/c1-21-10-6-7-13-24(21)28-25(20-34(32-28)23-11-4-3-5-12-23)30(36)33-18-16-22(17-19-33)29(35)31-26-14-8-9-15-27(26)37-2/h3-15,20,22H,16-19H2,1-2H3,(H,31,35). The number of carbonyl (C=O) groups is 2. The van der Waals surface area contributed by atoms with Crippen molar-refractivity contribution in [3.8, 4) is 22.7 Å². The second-order valence-corrected chi connectivity index (χ2v) is 9.24. The van der Waals surface area contributed by atoms with E-state index in [-0.39, 0.29) is 17.7 Å². The number of benzene rings is 3. The molecular formula is C30H30N4O3. The maximum absolute atomic E-state index is 13.8. The monoisotopic (exact) mass is 494 g/mol. The molecule has 1 aliphatic rings. The summed E-state index contributed by atoms with van der Waals surface area (Å²) < 4.78 is 7.11. The molecule has 0 radical (unpaired) electrons. The van der Waals surface area contributed by atoms with Crippen molar-refractivity contribution in [3.05, 3.63) is 96.2 Å². The SMILES string of the molecule is COc1ccccc1NC(=O)C1CCN(C(=O)c2cn(-c3ccccc3)nc2-c2ccccc2C)CC1. The van der Waals surface area contributed by atoms with Crippen molar-refractivity contribution in [2.45, 2.75) is 19.8 Å². The number of hydrogen-bond donors (Lipinski definition) is 1. The summed E-state index contributed by atoms with van der Waals surface area (Å²) in [5.74, 6) is 0.345. The van der Waals surface area contributed by atoms with Crippen LogP contribution >= 0.6 is 0 Å². The number of piperidine rings is 1. The lowest BCUT2D eigenvalue weighted by molar-refractivity contribution is -0.121. The van der Waals surface area contributed by atoms with Crippen LogP contribution in [-0.4, -0.2) is 46.7 Å². The molecule has 5 rings (SSSR count). The molecule has 1 aliphatic heterocycles. The van der Waals surface area contributed by atoms with Gasteiger partial charge in [-0.3, -0.25) is 9.59 Å². The van der Waals surface area contributed by atoms with Crippen molar-refractivity contribution < 1.29 is 14.3 Å². The Bertz CT molecular complexity index is 1410. The number of carbonyl (C=O) groups excluding carboxylic acids is 2. The van der Waals surface area contributed by atoms with Crippen LogP contribution in [0, 0.1) is 12.8 Å². The Balaban J connectivity index is 1.34. The molecular weight excluding hydrogens is 464 g/mol. The number of para-hydroxylation sites is 3. The minimum Gasteiger partial charge on any atom is -0.495 e. The number of nitrogens with zero attached hydrogens (tertiary/aromatic N) is 3. The third-order valence-electron chi connectivity index (χ3n) is 6.88. The van der Waals surface area contributed by atoms with E-state index in [1.54, 1.807) is 11.8 Å². The number of aryl methyl sites for hydroxylation is 1. The fourth-order valence-corrected chi connectivity index (χ4v) is 4.78. The van der Waals surface area contributed by atoms with Gasteiger partial charge < -0.3 is 15.0 Å². The molecule has 2 amide bonds. The van der Waals surface area contributed by atoms with E-state index in [1.165, 1.54) is 0 Å². The average Bonchev–Trinajstić information content (AvgIpc) is 3.39. The molecule has 0 spiro atoms. The maximum Gasteiger partial charge on any atom is 0.257 e. The lowest BCUT2D eigenvalue weighted by atomic mass is 9.95. The van der Waals surface area contributed by atoms with Gasteiger partial charge in [-0.25, -0.2) is 4.68 Å². The third-order valence-corrected chi connectivity index (χ3v) is 6.88. The van der Waals surface area contributed by atoms with Crippen LogP contribution in [0.1, 0.15) is 28.8 Å². The molecule has 7 nitrogen and oxygen atoms in total. The van der Waals surface area contributed by atoms with Gasteiger partial charge in [-0.15, -0.1) is 0 Å². The number of ether oxygens (including phenoxy) is 1. The number of anilines is 1. The van der Waals surface area contributed by atoms with Gasteiger partial charge in [-0.05, 0) is 49.6 Å². The number of hydrogen-bond acceptors (Lipinski definition) is 4. The molecule has 1 N–H and O–H groups in total. The Labute approximate surface area is 216 Å². The van der Waals surface area contributed by atoms with E-state index in [9.17, 15) is 9.59 Å². The van der Waals surface area contributed by atoms with Crippen LogP contribution < -0.4 is 10.1 Å². The summed E-state index contributed by atoms with van der Waals surface area (Å²) in [6.07, 6.45) is 3.01. The first-order valence-electron chi connectivity index (χ1n) is 12.5. The Morgan fingerprint density at radius 2 is 1.59 bits per heavy atom. The second-order valence-electron chi connectivity index (χ2n) is 9.24. The van der Waals surface area contributed by atoms with Crippen molar-refractivity contribution in [3.63, 3.8) is 0 Å². The van der Waals surface area contributed by atoms with Gasteiger partial charge in [0.2, 0.25) is 5.91 Å². The number of rotatable bonds is 6. The van der Waals surface area contributed by atoms with E-state index in [2.05, 4.69) is 5.32 Å². The third kappa shape index (κ3) is 5.11. The van der Waals surface area contributed by atoms with Crippen molar-refractivity contribution in [2.75, 3.05) is 25.5 Å². The molecule has 188 valence electrons. The zero-order valence-corrected chi connectivity index (χ0v) is 21.1. The largest absolute Gasteiger partial charge is 0.495 e. The number of methoxy groups -OCH3 is 1. The van der Waals surface area contributed by atoms with Crippen molar-refractivity contribution in [1.29, 1.82) is 0 Å². The van der Waals surface area contributed by atoms with Crippen LogP contribution in [0.3, 0.4) is 0 Å². The topological polar surface area (TPSA) is 76.5 Å². The molecule has 7 heteroatoms. The Hall–Kier alpha value is -4.39. The highest BCUT2D eigenvalue weighted by atomic mass is 16.5. The average molecular weight is 495 g/mol. The minimum absolute atomic E-state index is 0.0471. The van der Waals surface area contributed by atoms with Gasteiger partial charge >= 0.3 is 0 Å². The van der Waals surface area contributed by atoms with Crippen molar-refractivity contribution in [2.24, 2.45) is 5.92 Å². The lowest BCUT2D eigenvalue weighted by Gasteiger charge is -2.31. The first-order valence-corrected chi connectivity index (χ1v) is 12.5. The van der Waals surface area contributed by atoms with E-state index in [4.69, 9.17) is 9.84 Å². The van der Waals surface area contributed by atoms with Crippen molar-refractivity contribution >= 4 is 17.5 Å². The van der Waals surface area contributed by atoms with Gasteiger partial charge in [0.15, 0.2) is 0 Å². The maximum atomic E-state index is 13.8.